The van der Waals surface area contributed by atoms with Crippen molar-refractivity contribution in [1.29, 1.82) is 0 Å². The van der Waals surface area contributed by atoms with Crippen molar-refractivity contribution in [3.05, 3.63) is 23.8 Å². The highest BCUT2D eigenvalue weighted by atomic mass is 16.5. The van der Waals surface area contributed by atoms with Gasteiger partial charge in [-0.25, -0.2) is 0 Å². The largest absolute Gasteiger partial charge is 0.497 e. The molecule has 2 rings (SSSR count). The Balaban J connectivity index is 1.96. The molecule has 1 heterocycles. The molecule has 0 saturated carbocycles. The normalized spacial score (nSPS) is 15.0. The summed E-state index contributed by atoms with van der Waals surface area (Å²) >= 11 is 0. The third-order valence-electron chi connectivity index (χ3n) is 3.57. The monoisotopic (exact) mass is 278 g/mol. The van der Waals surface area contributed by atoms with E-state index in [2.05, 4.69) is 5.32 Å². The summed E-state index contributed by atoms with van der Waals surface area (Å²) in [6.45, 7) is 3.37. The molecule has 0 radical (unpaired) electrons. The lowest BCUT2D eigenvalue weighted by atomic mass is 10.1. The van der Waals surface area contributed by atoms with Crippen LogP contribution in [-0.2, 0) is 11.2 Å². The Bertz CT molecular complexity index is 456. The van der Waals surface area contributed by atoms with E-state index in [0.29, 0.717) is 12.8 Å². The number of aryl methyl sites for hydroxylation is 1. The Hall–Kier alpha value is -1.75. The molecule has 1 fully saturated rings. The molecule has 1 aliphatic rings. The number of amides is 1. The van der Waals surface area contributed by atoms with Crippen LogP contribution >= 0.6 is 0 Å². The van der Waals surface area contributed by atoms with Crippen LogP contribution in [0.2, 0.25) is 0 Å². The number of nitrogens with one attached hydrogen (secondary N) is 1. The summed E-state index contributed by atoms with van der Waals surface area (Å²) in [7, 11) is 3.28. The summed E-state index contributed by atoms with van der Waals surface area (Å²) in [5.74, 6) is 1.80. The lowest BCUT2D eigenvalue weighted by Crippen LogP contribution is -2.46. The summed E-state index contributed by atoms with van der Waals surface area (Å²) in [6.07, 6.45) is 1.17. The molecule has 1 amide bonds. The first-order valence-corrected chi connectivity index (χ1v) is 6.94. The van der Waals surface area contributed by atoms with E-state index in [1.54, 1.807) is 14.2 Å². The van der Waals surface area contributed by atoms with E-state index >= 15 is 0 Å². The third kappa shape index (κ3) is 3.63. The summed E-state index contributed by atoms with van der Waals surface area (Å²) in [4.78, 5) is 14.1. The number of hydrogen-bond acceptors (Lipinski definition) is 4. The maximum absolute atomic E-state index is 12.2. The molecule has 0 aliphatic carbocycles. The van der Waals surface area contributed by atoms with Crippen LogP contribution in [0.3, 0.4) is 0 Å². The van der Waals surface area contributed by atoms with E-state index in [0.717, 1.165) is 43.2 Å². The number of ether oxygens (including phenoxy) is 2. The number of hydrogen-bond donors (Lipinski definition) is 1. The topological polar surface area (TPSA) is 50.8 Å². The molecule has 1 aliphatic heterocycles. The molecule has 5 nitrogen and oxygen atoms in total. The van der Waals surface area contributed by atoms with Crippen molar-refractivity contribution < 1.29 is 14.3 Å². The van der Waals surface area contributed by atoms with Crippen molar-refractivity contribution in [2.75, 3.05) is 40.4 Å². The highest BCUT2D eigenvalue weighted by Gasteiger charge is 2.16. The fourth-order valence-electron chi connectivity index (χ4n) is 2.39. The van der Waals surface area contributed by atoms with Crippen molar-refractivity contribution in [3.63, 3.8) is 0 Å². The third-order valence-corrected chi connectivity index (χ3v) is 3.57. The van der Waals surface area contributed by atoms with Gasteiger partial charge in [0.25, 0.3) is 0 Å². The quantitative estimate of drug-likeness (QED) is 0.875. The molecule has 0 atom stereocenters. The minimum absolute atomic E-state index is 0.205. The Labute approximate surface area is 119 Å². The van der Waals surface area contributed by atoms with Crippen molar-refractivity contribution >= 4 is 5.91 Å². The van der Waals surface area contributed by atoms with E-state index in [-0.39, 0.29) is 5.91 Å². The van der Waals surface area contributed by atoms with Gasteiger partial charge in [-0.3, -0.25) is 4.79 Å². The molecule has 1 N–H and O–H groups in total. The molecule has 1 aromatic rings. The number of carbonyl (C=O) groups excluding carboxylic acids is 1. The van der Waals surface area contributed by atoms with Crippen LogP contribution in [0.25, 0.3) is 0 Å². The first-order chi connectivity index (χ1) is 9.74. The van der Waals surface area contributed by atoms with Crippen LogP contribution < -0.4 is 14.8 Å². The molecule has 0 aromatic heterocycles. The number of methoxy groups -OCH3 is 2. The minimum atomic E-state index is 0.205. The standard InChI is InChI=1S/C15H22N2O3/c1-19-13-4-5-14(20-2)12(11-13)3-6-15(18)17-9-7-16-8-10-17/h4-5,11,16H,3,6-10H2,1-2H3. The molecule has 0 unspecified atom stereocenters. The minimum Gasteiger partial charge on any atom is -0.497 e. The van der Waals surface area contributed by atoms with Crippen LogP contribution in [-0.4, -0.2) is 51.2 Å². The smallest absolute Gasteiger partial charge is 0.222 e. The predicted molar refractivity (Wildman–Crippen MR) is 77.3 cm³/mol. The van der Waals surface area contributed by atoms with Gasteiger partial charge < -0.3 is 19.7 Å². The summed E-state index contributed by atoms with van der Waals surface area (Å²) < 4.78 is 10.6. The van der Waals surface area contributed by atoms with Crippen LogP contribution in [0.1, 0.15) is 12.0 Å². The van der Waals surface area contributed by atoms with E-state index in [1.807, 2.05) is 23.1 Å². The highest BCUT2D eigenvalue weighted by molar-refractivity contribution is 5.76. The van der Waals surface area contributed by atoms with E-state index in [4.69, 9.17) is 9.47 Å². The van der Waals surface area contributed by atoms with Gasteiger partial charge in [-0.2, -0.15) is 0 Å². The van der Waals surface area contributed by atoms with Gasteiger partial charge >= 0.3 is 0 Å². The van der Waals surface area contributed by atoms with E-state index in [9.17, 15) is 4.79 Å². The molecule has 1 aromatic carbocycles. The summed E-state index contributed by atoms with van der Waals surface area (Å²) in [6, 6.07) is 5.67. The molecule has 20 heavy (non-hydrogen) atoms. The second kappa shape index (κ2) is 7.14. The molecule has 1 saturated heterocycles. The first-order valence-electron chi connectivity index (χ1n) is 6.94. The van der Waals surface area contributed by atoms with Gasteiger partial charge in [-0.15, -0.1) is 0 Å². The highest BCUT2D eigenvalue weighted by Crippen LogP contribution is 2.25. The first kappa shape index (κ1) is 14.7. The van der Waals surface area contributed by atoms with E-state index in [1.165, 1.54) is 0 Å². The van der Waals surface area contributed by atoms with Crippen LogP contribution in [0.15, 0.2) is 18.2 Å². The molecular formula is C15H22N2O3. The lowest BCUT2D eigenvalue weighted by Gasteiger charge is -2.27. The van der Waals surface area contributed by atoms with Crippen molar-refractivity contribution in [1.82, 2.24) is 10.2 Å². The van der Waals surface area contributed by atoms with Gasteiger partial charge in [0.15, 0.2) is 0 Å². The second-order valence-corrected chi connectivity index (χ2v) is 4.81. The molecular weight excluding hydrogens is 256 g/mol. The maximum Gasteiger partial charge on any atom is 0.222 e. The molecule has 0 bridgehead atoms. The zero-order chi connectivity index (χ0) is 14.4. The molecule has 110 valence electrons. The second-order valence-electron chi connectivity index (χ2n) is 4.81. The fraction of sp³-hybridized carbons (Fsp3) is 0.533. The van der Waals surface area contributed by atoms with Gasteiger partial charge in [0, 0.05) is 32.6 Å². The Kier molecular flexibility index (Phi) is 5.24. The van der Waals surface area contributed by atoms with Gasteiger partial charge in [-0.05, 0) is 30.2 Å². The predicted octanol–water partition coefficient (Wildman–Crippen LogP) is 1.07. The lowest BCUT2D eigenvalue weighted by molar-refractivity contribution is -0.131. The van der Waals surface area contributed by atoms with Gasteiger partial charge in [-0.1, -0.05) is 0 Å². The van der Waals surface area contributed by atoms with Crippen LogP contribution in [0, 0.1) is 0 Å². The molecule has 5 heteroatoms. The van der Waals surface area contributed by atoms with Crippen LogP contribution in [0.4, 0.5) is 0 Å². The van der Waals surface area contributed by atoms with Crippen molar-refractivity contribution in [2.45, 2.75) is 12.8 Å². The van der Waals surface area contributed by atoms with Gasteiger partial charge in [0.05, 0.1) is 14.2 Å². The summed E-state index contributed by atoms with van der Waals surface area (Å²) in [5, 5.41) is 3.25. The Morgan fingerprint density at radius 3 is 2.65 bits per heavy atom. The average Bonchev–Trinajstić information content (AvgIpc) is 2.53. The van der Waals surface area contributed by atoms with Crippen molar-refractivity contribution in [3.8, 4) is 11.5 Å². The number of carbonyl (C=O) groups is 1. The molecule has 0 spiro atoms. The zero-order valence-electron chi connectivity index (χ0n) is 12.1. The SMILES string of the molecule is COc1ccc(OC)c(CCC(=O)N2CCNCC2)c1. The Morgan fingerprint density at radius 2 is 2.00 bits per heavy atom. The van der Waals surface area contributed by atoms with Gasteiger partial charge in [0.2, 0.25) is 5.91 Å². The van der Waals surface area contributed by atoms with Crippen molar-refractivity contribution in [2.24, 2.45) is 0 Å². The number of benzene rings is 1. The average molecular weight is 278 g/mol. The fourth-order valence-corrected chi connectivity index (χ4v) is 2.39. The number of piperazine rings is 1. The van der Waals surface area contributed by atoms with E-state index < -0.39 is 0 Å². The summed E-state index contributed by atoms with van der Waals surface area (Å²) in [5.41, 5.74) is 1.01. The van der Waals surface area contributed by atoms with Crippen LogP contribution in [0.5, 0.6) is 11.5 Å². The van der Waals surface area contributed by atoms with Gasteiger partial charge in [0.1, 0.15) is 11.5 Å². The Morgan fingerprint density at radius 1 is 1.25 bits per heavy atom. The zero-order valence-corrected chi connectivity index (χ0v) is 12.1. The maximum atomic E-state index is 12.2. The number of rotatable bonds is 5. The number of nitrogens with zero attached hydrogens (tertiary/aromatic N) is 1.